The Bertz CT molecular complexity index is 120. The van der Waals surface area contributed by atoms with Crippen molar-refractivity contribution >= 4 is 0 Å². The Morgan fingerprint density at radius 2 is 1.90 bits per heavy atom. The molecule has 4 nitrogen and oxygen atoms in total. The highest BCUT2D eigenvalue weighted by atomic mass is 16.3. The summed E-state index contributed by atoms with van der Waals surface area (Å²) in [5.41, 5.74) is 0. The number of aliphatic hydroxyl groups excluding tert-OH is 3. The SMILES string of the molecule is C[C@H]1N[C@H](CO)C(O)C1O. The van der Waals surface area contributed by atoms with E-state index in [4.69, 9.17) is 15.3 Å². The maximum Gasteiger partial charge on any atom is 0.0989 e. The van der Waals surface area contributed by atoms with Crippen LogP contribution >= 0.6 is 0 Å². The second-order valence-corrected chi connectivity index (χ2v) is 2.73. The van der Waals surface area contributed by atoms with Gasteiger partial charge in [0.2, 0.25) is 0 Å². The first-order valence-corrected chi connectivity index (χ1v) is 3.40. The van der Waals surface area contributed by atoms with E-state index in [9.17, 15) is 0 Å². The highest BCUT2D eigenvalue weighted by Crippen LogP contribution is 2.12. The summed E-state index contributed by atoms with van der Waals surface area (Å²) in [7, 11) is 0. The summed E-state index contributed by atoms with van der Waals surface area (Å²) >= 11 is 0. The van der Waals surface area contributed by atoms with Crippen molar-refractivity contribution in [2.75, 3.05) is 6.61 Å². The molecule has 4 heteroatoms. The van der Waals surface area contributed by atoms with Crippen molar-refractivity contribution in [2.45, 2.75) is 31.2 Å². The monoisotopic (exact) mass is 147 g/mol. The molecule has 1 heterocycles. The van der Waals surface area contributed by atoms with Gasteiger partial charge in [-0.3, -0.25) is 0 Å². The second-order valence-electron chi connectivity index (χ2n) is 2.73. The molecule has 1 fully saturated rings. The predicted octanol–water partition coefficient (Wildman–Crippen LogP) is -1.94. The first kappa shape index (κ1) is 7.94. The summed E-state index contributed by atoms with van der Waals surface area (Å²) in [6.07, 6.45) is -1.59. The zero-order valence-electron chi connectivity index (χ0n) is 5.86. The lowest BCUT2D eigenvalue weighted by atomic mass is 10.1. The first-order chi connectivity index (χ1) is 4.66. The van der Waals surface area contributed by atoms with Crippen LogP contribution in [-0.2, 0) is 0 Å². The van der Waals surface area contributed by atoms with Gasteiger partial charge in [0, 0.05) is 6.04 Å². The number of hydrogen-bond donors (Lipinski definition) is 4. The summed E-state index contributed by atoms with van der Waals surface area (Å²) in [6.45, 7) is 1.63. The highest BCUT2D eigenvalue weighted by molar-refractivity contribution is 4.95. The minimum atomic E-state index is -0.833. The molecule has 0 spiro atoms. The van der Waals surface area contributed by atoms with Crippen LogP contribution in [-0.4, -0.2) is 46.2 Å². The van der Waals surface area contributed by atoms with Crippen LogP contribution in [0.5, 0.6) is 0 Å². The Labute approximate surface area is 59.5 Å². The lowest BCUT2D eigenvalue weighted by Crippen LogP contribution is -2.36. The average molecular weight is 147 g/mol. The molecular weight excluding hydrogens is 134 g/mol. The lowest BCUT2D eigenvalue weighted by molar-refractivity contribution is 0.0214. The molecule has 60 valence electrons. The van der Waals surface area contributed by atoms with Gasteiger partial charge in [-0.1, -0.05) is 0 Å². The summed E-state index contributed by atoms with van der Waals surface area (Å²) in [4.78, 5) is 0. The minimum absolute atomic E-state index is 0.132. The fraction of sp³-hybridized carbons (Fsp3) is 1.00. The summed E-state index contributed by atoms with van der Waals surface area (Å²) in [5, 5.41) is 29.8. The van der Waals surface area contributed by atoms with Gasteiger partial charge in [0.05, 0.1) is 24.9 Å². The normalized spacial score (nSPS) is 48.0. The van der Waals surface area contributed by atoms with Crippen LogP contribution in [0.4, 0.5) is 0 Å². The van der Waals surface area contributed by atoms with Crippen LogP contribution in [0.25, 0.3) is 0 Å². The molecule has 1 aliphatic rings. The van der Waals surface area contributed by atoms with E-state index in [1.54, 1.807) is 6.92 Å². The van der Waals surface area contributed by atoms with Gasteiger partial charge in [-0.15, -0.1) is 0 Å². The Morgan fingerprint density at radius 3 is 2.10 bits per heavy atom. The van der Waals surface area contributed by atoms with Crippen LogP contribution in [0, 0.1) is 0 Å². The van der Waals surface area contributed by atoms with Gasteiger partial charge in [0.1, 0.15) is 0 Å². The second kappa shape index (κ2) is 2.84. The Morgan fingerprint density at radius 1 is 1.30 bits per heavy atom. The third-order valence-corrected chi connectivity index (χ3v) is 1.95. The van der Waals surface area contributed by atoms with E-state index in [1.165, 1.54) is 0 Å². The first-order valence-electron chi connectivity index (χ1n) is 3.40. The van der Waals surface area contributed by atoms with Crippen LogP contribution < -0.4 is 5.32 Å². The number of nitrogens with one attached hydrogen (secondary N) is 1. The molecule has 0 radical (unpaired) electrons. The smallest absolute Gasteiger partial charge is 0.0989 e. The zero-order chi connectivity index (χ0) is 7.72. The van der Waals surface area contributed by atoms with Crippen molar-refractivity contribution in [1.82, 2.24) is 5.32 Å². The van der Waals surface area contributed by atoms with E-state index >= 15 is 0 Å². The van der Waals surface area contributed by atoms with Gasteiger partial charge in [-0.25, -0.2) is 0 Å². The van der Waals surface area contributed by atoms with E-state index < -0.39 is 12.2 Å². The fourth-order valence-corrected chi connectivity index (χ4v) is 1.23. The minimum Gasteiger partial charge on any atom is -0.395 e. The summed E-state index contributed by atoms with van der Waals surface area (Å²) in [6, 6.07) is -0.503. The number of hydrogen-bond acceptors (Lipinski definition) is 4. The lowest BCUT2D eigenvalue weighted by Gasteiger charge is -2.11. The molecule has 0 amide bonds. The van der Waals surface area contributed by atoms with Crippen molar-refractivity contribution in [3.63, 3.8) is 0 Å². The summed E-state index contributed by atoms with van der Waals surface area (Å²) < 4.78 is 0. The van der Waals surface area contributed by atoms with Crippen molar-refractivity contribution in [3.8, 4) is 0 Å². The van der Waals surface area contributed by atoms with E-state index in [0.29, 0.717) is 0 Å². The Balaban J connectivity index is 2.53. The van der Waals surface area contributed by atoms with Crippen molar-refractivity contribution in [2.24, 2.45) is 0 Å². The molecule has 0 aromatic heterocycles. The highest BCUT2D eigenvalue weighted by Gasteiger charge is 2.37. The fourth-order valence-electron chi connectivity index (χ4n) is 1.23. The quantitative estimate of drug-likeness (QED) is 0.348. The molecule has 4 N–H and O–H groups in total. The third kappa shape index (κ3) is 1.15. The van der Waals surface area contributed by atoms with E-state index in [0.717, 1.165) is 0 Å². The van der Waals surface area contributed by atoms with Gasteiger partial charge in [-0.2, -0.15) is 0 Å². The van der Waals surface area contributed by atoms with Gasteiger partial charge < -0.3 is 20.6 Å². The Hall–Kier alpha value is -0.160. The molecule has 0 aromatic rings. The van der Waals surface area contributed by atoms with Crippen molar-refractivity contribution < 1.29 is 15.3 Å². The predicted molar refractivity (Wildman–Crippen MR) is 35.5 cm³/mol. The van der Waals surface area contributed by atoms with Gasteiger partial charge in [-0.05, 0) is 6.92 Å². The van der Waals surface area contributed by atoms with Crippen LogP contribution in [0.15, 0.2) is 0 Å². The van der Waals surface area contributed by atoms with Gasteiger partial charge >= 0.3 is 0 Å². The maximum absolute atomic E-state index is 9.16. The van der Waals surface area contributed by atoms with Crippen molar-refractivity contribution in [3.05, 3.63) is 0 Å². The average Bonchev–Trinajstić information content (AvgIpc) is 2.17. The molecule has 0 bridgehead atoms. The zero-order valence-corrected chi connectivity index (χ0v) is 5.86. The van der Waals surface area contributed by atoms with Gasteiger partial charge in [0.25, 0.3) is 0 Å². The number of aliphatic hydroxyl groups is 3. The van der Waals surface area contributed by atoms with E-state index in [2.05, 4.69) is 5.32 Å². The van der Waals surface area contributed by atoms with Crippen molar-refractivity contribution in [1.29, 1.82) is 0 Å². The third-order valence-electron chi connectivity index (χ3n) is 1.95. The molecule has 4 atom stereocenters. The molecule has 1 rings (SSSR count). The maximum atomic E-state index is 9.16. The molecule has 0 saturated carbocycles. The summed E-state index contributed by atoms with van der Waals surface area (Å²) in [5.74, 6) is 0. The molecule has 1 aliphatic heterocycles. The molecule has 10 heavy (non-hydrogen) atoms. The molecule has 0 aliphatic carbocycles. The molecule has 0 aromatic carbocycles. The van der Waals surface area contributed by atoms with E-state index in [1.807, 2.05) is 0 Å². The van der Waals surface area contributed by atoms with E-state index in [-0.39, 0.29) is 18.7 Å². The largest absolute Gasteiger partial charge is 0.395 e. The number of rotatable bonds is 1. The van der Waals surface area contributed by atoms with Crippen LogP contribution in [0.1, 0.15) is 6.92 Å². The Kier molecular flexibility index (Phi) is 2.25. The molecular formula is C6H13NO3. The molecule has 1 saturated heterocycles. The topological polar surface area (TPSA) is 72.7 Å². The van der Waals surface area contributed by atoms with Crippen LogP contribution in [0.3, 0.4) is 0 Å². The standard InChI is InChI=1S/C6H13NO3/c1-3-5(9)6(10)4(2-8)7-3/h3-10H,2H2,1H3/t3-,4-,5?,6?/m1/s1. The van der Waals surface area contributed by atoms with Gasteiger partial charge in [0.15, 0.2) is 0 Å². The van der Waals surface area contributed by atoms with Crippen LogP contribution in [0.2, 0.25) is 0 Å². The molecule has 2 unspecified atom stereocenters.